The zero-order valence-electron chi connectivity index (χ0n) is 14.1. The van der Waals surface area contributed by atoms with Gasteiger partial charge in [-0.1, -0.05) is 36.4 Å². The fraction of sp³-hybridized carbons (Fsp3) is 0.238. The van der Waals surface area contributed by atoms with Gasteiger partial charge in [0.2, 0.25) is 0 Å². The molecule has 1 aromatic heterocycles. The highest BCUT2D eigenvalue weighted by atomic mass is 15.2. The lowest BCUT2D eigenvalue weighted by Crippen LogP contribution is -2.22. The Balaban J connectivity index is 1.70. The second-order valence-electron chi connectivity index (χ2n) is 6.58. The Morgan fingerprint density at radius 1 is 1.00 bits per heavy atom. The molecule has 3 aromatic rings. The Morgan fingerprint density at radius 2 is 1.88 bits per heavy atom. The minimum Gasteiger partial charge on any atom is -0.361 e. The molecule has 1 aliphatic heterocycles. The maximum Gasteiger partial charge on any atom is 0.0585 e. The monoisotopic (exact) mass is 317 g/mol. The summed E-state index contributed by atoms with van der Waals surface area (Å²) in [7, 11) is 0. The Labute approximate surface area is 143 Å². The van der Waals surface area contributed by atoms with Crippen molar-refractivity contribution >= 4 is 5.69 Å². The molecule has 3 heteroatoms. The van der Waals surface area contributed by atoms with Gasteiger partial charge in [0.15, 0.2) is 0 Å². The molecule has 0 radical (unpaired) electrons. The molecule has 2 N–H and O–H groups in total. The lowest BCUT2D eigenvalue weighted by atomic mass is 10.0. The van der Waals surface area contributed by atoms with Gasteiger partial charge in [-0.15, -0.1) is 0 Å². The molecule has 0 spiro atoms. The van der Waals surface area contributed by atoms with Crippen molar-refractivity contribution in [2.24, 2.45) is 5.73 Å². The van der Waals surface area contributed by atoms with Crippen molar-refractivity contribution < 1.29 is 0 Å². The van der Waals surface area contributed by atoms with E-state index in [2.05, 4.69) is 77.2 Å². The summed E-state index contributed by atoms with van der Waals surface area (Å²) in [6.07, 6.45) is 2.18. The van der Waals surface area contributed by atoms with Crippen molar-refractivity contribution in [1.82, 2.24) is 4.57 Å². The molecule has 0 aliphatic carbocycles. The summed E-state index contributed by atoms with van der Waals surface area (Å²) in [6, 6.07) is 19.8. The maximum absolute atomic E-state index is 5.80. The topological polar surface area (TPSA) is 34.2 Å². The standard InChI is InChI=1S/C21H23N3/c1-16-11-17(8-9-18(16)12-22)13-24-15-20-6-4-10-23(20)14-19-5-2-3-7-21(19)24/h2-11H,12-15,22H2,1H3. The first-order valence-corrected chi connectivity index (χ1v) is 8.50. The van der Waals surface area contributed by atoms with Crippen molar-refractivity contribution in [2.45, 2.75) is 33.1 Å². The van der Waals surface area contributed by atoms with Gasteiger partial charge in [0.1, 0.15) is 0 Å². The van der Waals surface area contributed by atoms with Gasteiger partial charge in [-0.25, -0.2) is 0 Å². The van der Waals surface area contributed by atoms with Gasteiger partial charge in [0, 0.05) is 37.2 Å². The molecule has 0 fully saturated rings. The molecule has 122 valence electrons. The number of hydrogen-bond acceptors (Lipinski definition) is 2. The SMILES string of the molecule is Cc1cc(CN2Cc3cccn3Cc3ccccc32)ccc1CN. The van der Waals surface area contributed by atoms with Crippen LogP contribution in [0.4, 0.5) is 5.69 Å². The third kappa shape index (κ3) is 2.72. The average molecular weight is 317 g/mol. The van der Waals surface area contributed by atoms with Crippen LogP contribution in [0.3, 0.4) is 0 Å². The van der Waals surface area contributed by atoms with Crippen molar-refractivity contribution in [3.63, 3.8) is 0 Å². The molecule has 2 aromatic carbocycles. The molecule has 1 aliphatic rings. The predicted molar refractivity (Wildman–Crippen MR) is 98.9 cm³/mol. The van der Waals surface area contributed by atoms with Crippen LogP contribution in [-0.4, -0.2) is 4.57 Å². The molecule has 0 unspecified atom stereocenters. The van der Waals surface area contributed by atoms with Crippen LogP contribution >= 0.6 is 0 Å². The lowest BCUT2D eigenvalue weighted by Gasteiger charge is -2.25. The smallest absolute Gasteiger partial charge is 0.0585 e. The minimum atomic E-state index is 0.603. The molecule has 0 atom stereocenters. The van der Waals surface area contributed by atoms with Crippen LogP contribution in [0, 0.1) is 6.92 Å². The second kappa shape index (κ2) is 6.17. The summed E-state index contributed by atoms with van der Waals surface area (Å²) in [5, 5.41) is 0. The molecule has 2 heterocycles. The Morgan fingerprint density at radius 3 is 2.71 bits per heavy atom. The summed E-state index contributed by atoms with van der Waals surface area (Å²) >= 11 is 0. The van der Waals surface area contributed by atoms with Gasteiger partial charge in [-0.3, -0.25) is 0 Å². The molecule has 4 rings (SSSR count). The van der Waals surface area contributed by atoms with E-state index in [0.717, 1.165) is 19.6 Å². The fourth-order valence-electron chi connectivity index (χ4n) is 3.61. The van der Waals surface area contributed by atoms with E-state index in [1.165, 1.54) is 33.6 Å². The number of nitrogens with zero attached hydrogens (tertiary/aromatic N) is 2. The molecular formula is C21H23N3. The Bertz CT molecular complexity index is 863. The highest BCUT2D eigenvalue weighted by Crippen LogP contribution is 2.29. The summed E-state index contributed by atoms with van der Waals surface area (Å²) in [5.41, 5.74) is 13.7. The van der Waals surface area contributed by atoms with E-state index < -0.39 is 0 Å². The van der Waals surface area contributed by atoms with Gasteiger partial charge in [-0.2, -0.15) is 0 Å². The first kappa shape index (κ1) is 15.0. The van der Waals surface area contributed by atoms with Crippen molar-refractivity contribution in [3.8, 4) is 0 Å². The number of para-hydroxylation sites is 1. The van der Waals surface area contributed by atoms with Gasteiger partial charge < -0.3 is 15.2 Å². The number of rotatable bonds is 3. The molecule has 3 nitrogen and oxygen atoms in total. The number of nitrogens with two attached hydrogens (primary N) is 1. The van der Waals surface area contributed by atoms with E-state index in [9.17, 15) is 0 Å². The van der Waals surface area contributed by atoms with Crippen LogP contribution in [0.25, 0.3) is 0 Å². The zero-order chi connectivity index (χ0) is 16.5. The predicted octanol–water partition coefficient (Wildman–Crippen LogP) is 3.82. The molecule has 0 saturated heterocycles. The van der Waals surface area contributed by atoms with Gasteiger partial charge >= 0.3 is 0 Å². The summed E-state index contributed by atoms with van der Waals surface area (Å²) < 4.78 is 2.35. The van der Waals surface area contributed by atoms with Gasteiger partial charge in [-0.05, 0) is 47.4 Å². The van der Waals surface area contributed by atoms with Crippen LogP contribution < -0.4 is 10.6 Å². The molecular weight excluding hydrogens is 294 g/mol. The number of hydrogen-bond donors (Lipinski definition) is 1. The normalized spacial score (nSPS) is 13.3. The largest absolute Gasteiger partial charge is 0.361 e. The summed E-state index contributed by atoms with van der Waals surface area (Å²) in [5.74, 6) is 0. The molecule has 0 bridgehead atoms. The van der Waals surface area contributed by atoms with Crippen LogP contribution in [-0.2, 0) is 26.2 Å². The first-order chi connectivity index (χ1) is 11.7. The number of anilines is 1. The zero-order valence-corrected chi connectivity index (χ0v) is 14.1. The van der Waals surface area contributed by atoms with Gasteiger partial charge in [0.05, 0.1) is 6.54 Å². The first-order valence-electron chi connectivity index (χ1n) is 8.50. The second-order valence-corrected chi connectivity index (χ2v) is 6.58. The summed E-state index contributed by atoms with van der Waals surface area (Å²) in [6.45, 7) is 5.54. The molecule has 0 amide bonds. The lowest BCUT2D eigenvalue weighted by molar-refractivity contribution is 0.735. The number of aryl methyl sites for hydroxylation is 1. The highest BCUT2D eigenvalue weighted by molar-refractivity contribution is 5.55. The van der Waals surface area contributed by atoms with E-state index in [4.69, 9.17) is 5.73 Å². The summed E-state index contributed by atoms with van der Waals surface area (Å²) in [4.78, 5) is 2.48. The number of aromatic nitrogens is 1. The van der Waals surface area contributed by atoms with Crippen LogP contribution in [0.2, 0.25) is 0 Å². The fourth-order valence-corrected chi connectivity index (χ4v) is 3.61. The third-order valence-corrected chi connectivity index (χ3v) is 4.95. The average Bonchev–Trinajstić information content (AvgIpc) is 2.96. The maximum atomic E-state index is 5.80. The number of fused-ring (bicyclic) bond motifs is 2. The van der Waals surface area contributed by atoms with E-state index in [1.807, 2.05) is 0 Å². The Hall–Kier alpha value is -2.52. The third-order valence-electron chi connectivity index (χ3n) is 4.95. The van der Waals surface area contributed by atoms with Crippen molar-refractivity contribution in [1.29, 1.82) is 0 Å². The van der Waals surface area contributed by atoms with E-state index >= 15 is 0 Å². The number of benzene rings is 2. The minimum absolute atomic E-state index is 0.603. The molecule has 0 saturated carbocycles. The molecule has 24 heavy (non-hydrogen) atoms. The van der Waals surface area contributed by atoms with Crippen molar-refractivity contribution in [2.75, 3.05) is 4.90 Å². The van der Waals surface area contributed by atoms with Gasteiger partial charge in [0.25, 0.3) is 0 Å². The van der Waals surface area contributed by atoms with Crippen molar-refractivity contribution in [3.05, 3.63) is 88.7 Å². The Kier molecular flexibility index (Phi) is 3.87. The van der Waals surface area contributed by atoms with Crippen LogP contribution in [0.5, 0.6) is 0 Å². The van der Waals surface area contributed by atoms with E-state index in [0.29, 0.717) is 6.54 Å². The van der Waals surface area contributed by atoms with Crippen LogP contribution in [0.15, 0.2) is 60.8 Å². The van der Waals surface area contributed by atoms with Crippen LogP contribution in [0.1, 0.15) is 27.9 Å². The highest BCUT2D eigenvalue weighted by Gasteiger charge is 2.18. The van der Waals surface area contributed by atoms with E-state index in [-0.39, 0.29) is 0 Å². The quantitative estimate of drug-likeness (QED) is 0.797. The van der Waals surface area contributed by atoms with E-state index in [1.54, 1.807) is 0 Å².